The molecule has 0 radical (unpaired) electrons. The molecule has 0 aliphatic carbocycles. The third-order valence-electron chi connectivity index (χ3n) is 4.36. The molecule has 158 valence electrons. The number of aromatic nitrogens is 4. The minimum Gasteiger partial charge on any atom is -0.493 e. The topological polar surface area (TPSA) is 90.6 Å². The smallest absolute Gasteiger partial charge is 0.234 e. The van der Waals surface area contributed by atoms with Gasteiger partial charge in [0.2, 0.25) is 5.91 Å². The molecule has 4 aromatic rings. The van der Waals surface area contributed by atoms with E-state index in [0.717, 1.165) is 5.56 Å². The fourth-order valence-corrected chi connectivity index (χ4v) is 3.66. The number of nitrogens with one attached hydrogen (secondary N) is 1. The molecular formula is C21H18ClN5O3S. The molecule has 2 aromatic carbocycles. The summed E-state index contributed by atoms with van der Waals surface area (Å²) >= 11 is 7.28. The number of methoxy groups -OCH3 is 2. The van der Waals surface area contributed by atoms with Crippen molar-refractivity contribution in [1.29, 1.82) is 0 Å². The fraction of sp³-hybridized carbons (Fsp3) is 0.143. The molecule has 0 saturated heterocycles. The monoisotopic (exact) mass is 455 g/mol. The van der Waals surface area contributed by atoms with Crippen LogP contribution in [0.4, 0.5) is 5.69 Å². The van der Waals surface area contributed by atoms with Crippen LogP contribution in [-0.4, -0.2) is 45.7 Å². The van der Waals surface area contributed by atoms with E-state index in [2.05, 4.69) is 20.6 Å². The molecule has 2 aromatic heterocycles. The van der Waals surface area contributed by atoms with Gasteiger partial charge in [-0.25, -0.2) is 0 Å². The van der Waals surface area contributed by atoms with E-state index in [9.17, 15) is 4.79 Å². The maximum atomic E-state index is 12.4. The zero-order chi connectivity index (χ0) is 21.8. The van der Waals surface area contributed by atoms with Crippen molar-refractivity contribution in [2.24, 2.45) is 0 Å². The largest absolute Gasteiger partial charge is 0.493 e. The van der Waals surface area contributed by atoms with E-state index < -0.39 is 0 Å². The first kappa shape index (κ1) is 21.0. The number of fused-ring (bicyclic) bond motifs is 1. The molecule has 4 rings (SSSR count). The summed E-state index contributed by atoms with van der Waals surface area (Å²) in [6, 6.07) is 16.1. The summed E-state index contributed by atoms with van der Waals surface area (Å²) in [5.41, 5.74) is 2.08. The Morgan fingerprint density at radius 2 is 1.81 bits per heavy atom. The highest BCUT2D eigenvalue weighted by molar-refractivity contribution is 7.99. The summed E-state index contributed by atoms with van der Waals surface area (Å²) in [4.78, 5) is 12.4. The summed E-state index contributed by atoms with van der Waals surface area (Å²) in [5, 5.41) is 17.1. The van der Waals surface area contributed by atoms with Gasteiger partial charge in [-0.05, 0) is 48.5 Å². The van der Waals surface area contributed by atoms with Gasteiger partial charge in [-0.3, -0.25) is 4.79 Å². The summed E-state index contributed by atoms with van der Waals surface area (Å²) in [5.74, 6) is 1.76. The minimum absolute atomic E-state index is 0.166. The van der Waals surface area contributed by atoms with Gasteiger partial charge in [0.05, 0.1) is 20.0 Å². The number of nitrogens with zero attached hydrogens (tertiary/aromatic N) is 4. The van der Waals surface area contributed by atoms with Crippen LogP contribution in [0.1, 0.15) is 0 Å². The zero-order valence-electron chi connectivity index (χ0n) is 16.7. The maximum Gasteiger partial charge on any atom is 0.234 e. The predicted molar refractivity (Wildman–Crippen MR) is 120 cm³/mol. The lowest BCUT2D eigenvalue weighted by molar-refractivity contribution is -0.113. The molecule has 0 bridgehead atoms. The summed E-state index contributed by atoms with van der Waals surface area (Å²) in [6.07, 6.45) is 0. The summed E-state index contributed by atoms with van der Waals surface area (Å²) < 4.78 is 12.1. The Hall–Kier alpha value is -3.30. The number of hydrogen-bond donors (Lipinski definition) is 1. The molecule has 1 N–H and O–H groups in total. The molecule has 0 saturated carbocycles. The van der Waals surface area contributed by atoms with Crippen molar-refractivity contribution in [3.63, 3.8) is 0 Å². The summed E-state index contributed by atoms with van der Waals surface area (Å²) in [6.45, 7) is 0. The van der Waals surface area contributed by atoms with E-state index in [-0.39, 0.29) is 11.7 Å². The Morgan fingerprint density at radius 3 is 2.55 bits per heavy atom. The van der Waals surface area contributed by atoms with Crippen LogP contribution in [0, 0.1) is 0 Å². The number of halogens is 1. The van der Waals surface area contributed by atoms with Gasteiger partial charge in [-0.15, -0.1) is 10.2 Å². The lowest BCUT2D eigenvalue weighted by Crippen LogP contribution is -2.14. The lowest BCUT2D eigenvalue weighted by atomic mass is 10.2. The van der Waals surface area contributed by atoms with Gasteiger partial charge in [0.15, 0.2) is 23.0 Å². The molecular weight excluding hydrogens is 438 g/mol. The van der Waals surface area contributed by atoms with Crippen molar-refractivity contribution in [3.8, 4) is 22.9 Å². The average molecular weight is 456 g/mol. The number of rotatable bonds is 7. The van der Waals surface area contributed by atoms with E-state index in [1.54, 1.807) is 49.1 Å². The summed E-state index contributed by atoms with van der Waals surface area (Å²) in [7, 11) is 3.11. The number of carbonyl (C=O) groups excluding carboxylic acids is 1. The van der Waals surface area contributed by atoms with Crippen molar-refractivity contribution in [1.82, 2.24) is 19.8 Å². The van der Waals surface area contributed by atoms with E-state index in [0.29, 0.717) is 38.7 Å². The van der Waals surface area contributed by atoms with Crippen LogP contribution in [0.15, 0.2) is 59.6 Å². The lowest BCUT2D eigenvalue weighted by Gasteiger charge is -2.10. The van der Waals surface area contributed by atoms with E-state index in [4.69, 9.17) is 21.1 Å². The average Bonchev–Trinajstić information content (AvgIpc) is 3.21. The standard InChI is InChI=1S/C21H18ClN5O3S/c1-29-16-8-7-15(11-17(16)30-2)23-19(28)12-31-20-10-9-18-24-25-21(27(18)26-20)13-3-5-14(22)6-4-13/h3-11H,12H2,1-2H3,(H,23,28). The Morgan fingerprint density at radius 1 is 1.03 bits per heavy atom. The van der Waals surface area contributed by atoms with Crippen molar-refractivity contribution in [2.75, 3.05) is 25.3 Å². The second kappa shape index (κ2) is 9.23. The van der Waals surface area contributed by atoms with Crippen molar-refractivity contribution in [3.05, 3.63) is 59.6 Å². The van der Waals surface area contributed by atoms with Gasteiger partial charge in [0, 0.05) is 22.3 Å². The second-order valence-corrected chi connectivity index (χ2v) is 7.81. The van der Waals surface area contributed by atoms with Crippen molar-refractivity contribution >= 4 is 40.6 Å². The highest BCUT2D eigenvalue weighted by atomic mass is 35.5. The quantitative estimate of drug-likeness (QED) is 0.418. The van der Waals surface area contributed by atoms with Gasteiger partial charge < -0.3 is 14.8 Å². The number of carbonyl (C=O) groups is 1. The van der Waals surface area contributed by atoms with Gasteiger partial charge >= 0.3 is 0 Å². The molecule has 0 aliphatic heterocycles. The zero-order valence-corrected chi connectivity index (χ0v) is 18.3. The van der Waals surface area contributed by atoms with E-state index in [1.165, 1.54) is 11.8 Å². The van der Waals surface area contributed by atoms with Crippen molar-refractivity contribution in [2.45, 2.75) is 5.03 Å². The number of ether oxygens (including phenoxy) is 2. The van der Waals surface area contributed by atoms with Crippen LogP contribution in [0.5, 0.6) is 11.5 Å². The Bertz CT molecular complexity index is 1230. The molecule has 1 amide bonds. The first-order chi connectivity index (χ1) is 15.1. The predicted octanol–water partition coefficient (Wildman–Crippen LogP) is 4.19. The van der Waals surface area contributed by atoms with Crippen molar-refractivity contribution < 1.29 is 14.3 Å². The maximum absolute atomic E-state index is 12.4. The highest BCUT2D eigenvalue weighted by Gasteiger charge is 2.12. The highest BCUT2D eigenvalue weighted by Crippen LogP contribution is 2.30. The second-order valence-electron chi connectivity index (χ2n) is 6.38. The molecule has 10 heteroatoms. The Labute approximate surface area is 187 Å². The van der Waals surface area contributed by atoms with Gasteiger partial charge in [-0.1, -0.05) is 23.4 Å². The number of thioether (sulfide) groups is 1. The molecule has 8 nitrogen and oxygen atoms in total. The molecule has 2 heterocycles. The molecule has 0 spiro atoms. The molecule has 31 heavy (non-hydrogen) atoms. The normalized spacial score (nSPS) is 10.8. The van der Waals surface area contributed by atoms with Crippen LogP contribution >= 0.6 is 23.4 Å². The first-order valence-electron chi connectivity index (χ1n) is 9.20. The minimum atomic E-state index is -0.166. The Kier molecular flexibility index (Phi) is 6.24. The van der Waals surface area contributed by atoms with Crippen LogP contribution in [0.2, 0.25) is 5.02 Å². The number of anilines is 1. The van der Waals surface area contributed by atoms with Crippen LogP contribution in [0.3, 0.4) is 0 Å². The van der Waals surface area contributed by atoms with E-state index >= 15 is 0 Å². The third kappa shape index (κ3) is 4.73. The van der Waals surface area contributed by atoms with Gasteiger partial charge in [0.1, 0.15) is 5.03 Å². The van der Waals surface area contributed by atoms with Crippen LogP contribution < -0.4 is 14.8 Å². The van der Waals surface area contributed by atoms with Crippen LogP contribution in [0.25, 0.3) is 17.0 Å². The molecule has 0 aliphatic rings. The van der Waals surface area contributed by atoms with Gasteiger partial charge in [0.25, 0.3) is 0 Å². The Balaban J connectivity index is 1.46. The molecule has 0 atom stereocenters. The van der Waals surface area contributed by atoms with E-state index in [1.807, 2.05) is 24.3 Å². The number of amides is 1. The first-order valence-corrected chi connectivity index (χ1v) is 10.6. The number of hydrogen-bond acceptors (Lipinski definition) is 7. The van der Waals surface area contributed by atoms with Crippen LogP contribution in [-0.2, 0) is 4.79 Å². The molecule has 0 fully saturated rings. The molecule has 0 unspecified atom stereocenters. The number of benzene rings is 2. The third-order valence-corrected chi connectivity index (χ3v) is 5.53. The fourth-order valence-electron chi connectivity index (χ4n) is 2.88. The van der Waals surface area contributed by atoms with Gasteiger partial charge in [-0.2, -0.15) is 9.61 Å². The SMILES string of the molecule is COc1ccc(NC(=O)CSc2ccc3nnc(-c4ccc(Cl)cc4)n3n2)cc1OC.